The molecular weight excluding hydrogens is 269 g/mol. The van der Waals surface area contributed by atoms with Crippen molar-refractivity contribution in [2.24, 2.45) is 4.99 Å². The summed E-state index contributed by atoms with van der Waals surface area (Å²) < 4.78 is 0. The maximum Gasteiger partial charge on any atom is 0.128 e. The lowest BCUT2D eigenvalue weighted by Crippen LogP contribution is -2.30. The van der Waals surface area contributed by atoms with Gasteiger partial charge in [-0.15, -0.1) is 24.8 Å². The maximum atomic E-state index is 4.48. The topological polar surface area (TPSA) is 36.4 Å². The SMILES string of the molecule is CCCNc1ccc(C2=NCCCN2)cc1.Cl.Cl. The Hall–Kier alpha value is -0.930. The minimum atomic E-state index is 0. The molecule has 1 aliphatic rings. The van der Waals surface area contributed by atoms with Crippen molar-refractivity contribution in [1.82, 2.24) is 5.32 Å². The van der Waals surface area contributed by atoms with Crippen LogP contribution in [-0.2, 0) is 0 Å². The van der Waals surface area contributed by atoms with Crippen LogP contribution < -0.4 is 10.6 Å². The lowest BCUT2D eigenvalue weighted by molar-refractivity contribution is 0.742. The Labute approximate surface area is 121 Å². The van der Waals surface area contributed by atoms with E-state index in [2.05, 4.69) is 46.8 Å². The van der Waals surface area contributed by atoms with E-state index < -0.39 is 0 Å². The van der Waals surface area contributed by atoms with Gasteiger partial charge < -0.3 is 10.6 Å². The molecule has 102 valence electrons. The minimum Gasteiger partial charge on any atom is -0.385 e. The first-order valence-corrected chi connectivity index (χ1v) is 6.03. The average Bonchev–Trinajstić information content (AvgIpc) is 2.38. The molecule has 0 aromatic heterocycles. The number of nitrogens with one attached hydrogen (secondary N) is 2. The number of amidine groups is 1. The zero-order chi connectivity index (χ0) is 11.2. The molecule has 0 amide bonds. The van der Waals surface area contributed by atoms with Crippen molar-refractivity contribution in [2.75, 3.05) is 25.0 Å². The second-order valence-corrected chi connectivity index (χ2v) is 4.01. The number of nitrogens with zero attached hydrogens (tertiary/aromatic N) is 1. The van der Waals surface area contributed by atoms with Gasteiger partial charge in [0.25, 0.3) is 0 Å². The van der Waals surface area contributed by atoms with Gasteiger partial charge >= 0.3 is 0 Å². The molecule has 1 aliphatic heterocycles. The smallest absolute Gasteiger partial charge is 0.128 e. The molecular formula is C13H21Cl2N3. The molecule has 0 fully saturated rings. The third kappa shape index (κ3) is 4.75. The highest BCUT2D eigenvalue weighted by molar-refractivity contribution is 5.99. The lowest BCUT2D eigenvalue weighted by atomic mass is 10.1. The third-order valence-corrected chi connectivity index (χ3v) is 2.63. The highest BCUT2D eigenvalue weighted by atomic mass is 35.5. The predicted molar refractivity (Wildman–Crippen MR) is 83.7 cm³/mol. The van der Waals surface area contributed by atoms with Gasteiger partial charge in [-0.1, -0.05) is 6.92 Å². The summed E-state index contributed by atoms with van der Waals surface area (Å²) in [6, 6.07) is 8.47. The van der Waals surface area contributed by atoms with E-state index in [1.54, 1.807) is 0 Å². The van der Waals surface area contributed by atoms with Crippen LogP contribution >= 0.6 is 24.8 Å². The van der Waals surface area contributed by atoms with Crippen molar-refractivity contribution in [3.8, 4) is 0 Å². The zero-order valence-electron chi connectivity index (χ0n) is 10.6. The normalized spacial score (nSPS) is 13.5. The van der Waals surface area contributed by atoms with Crippen molar-refractivity contribution in [2.45, 2.75) is 19.8 Å². The fourth-order valence-corrected chi connectivity index (χ4v) is 1.74. The number of hydrogen-bond acceptors (Lipinski definition) is 3. The van der Waals surface area contributed by atoms with Crippen molar-refractivity contribution in [1.29, 1.82) is 0 Å². The Bertz CT molecular complexity index is 363. The van der Waals surface area contributed by atoms with Gasteiger partial charge in [0.15, 0.2) is 0 Å². The number of rotatable bonds is 4. The molecule has 0 aliphatic carbocycles. The second-order valence-electron chi connectivity index (χ2n) is 4.01. The van der Waals surface area contributed by atoms with Crippen molar-refractivity contribution in [3.63, 3.8) is 0 Å². The molecule has 1 aromatic rings. The summed E-state index contributed by atoms with van der Waals surface area (Å²) >= 11 is 0. The Morgan fingerprint density at radius 3 is 2.50 bits per heavy atom. The molecule has 2 rings (SSSR count). The molecule has 5 heteroatoms. The van der Waals surface area contributed by atoms with Gasteiger partial charge in [0.2, 0.25) is 0 Å². The van der Waals surface area contributed by atoms with Crippen LogP contribution in [0.2, 0.25) is 0 Å². The molecule has 18 heavy (non-hydrogen) atoms. The Balaban J connectivity index is 0.00000144. The summed E-state index contributed by atoms with van der Waals surface area (Å²) in [5.74, 6) is 1.04. The average molecular weight is 290 g/mol. The quantitative estimate of drug-likeness (QED) is 0.894. The first kappa shape index (κ1) is 17.1. The summed E-state index contributed by atoms with van der Waals surface area (Å²) in [7, 11) is 0. The summed E-state index contributed by atoms with van der Waals surface area (Å²) in [6.45, 7) is 5.17. The molecule has 0 radical (unpaired) electrons. The number of hydrogen-bond donors (Lipinski definition) is 2. The molecule has 0 atom stereocenters. The fraction of sp³-hybridized carbons (Fsp3) is 0.462. The standard InChI is InChI=1S/C13H19N3.2ClH/c1-2-8-14-12-6-4-11(5-7-12)13-15-9-3-10-16-13;;/h4-7,14H,2-3,8-10H2,1H3,(H,15,16);2*1H. The van der Waals surface area contributed by atoms with E-state index in [1.165, 1.54) is 11.3 Å². The molecule has 0 unspecified atom stereocenters. The molecule has 0 spiro atoms. The number of benzene rings is 1. The van der Waals surface area contributed by atoms with Crippen molar-refractivity contribution >= 4 is 36.3 Å². The highest BCUT2D eigenvalue weighted by Gasteiger charge is 2.05. The van der Waals surface area contributed by atoms with E-state index in [-0.39, 0.29) is 24.8 Å². The van der Waals surface area contributed by atoms with Gasteiger partial charge in [-0.2, -0.15) is 0 Å². The largest absolute Gasteiger partial charge is 0.385 e. The van der Waals surface area contributed by atoms with Crippen LogP contribution in [0.25, 0.3) is 0 Å². The monoisotopic (exact) mass is 289 g/mol. The van der Waals surface area contributed by atoms with Crippen LogP contribution in [0, 0.1) is 0 Å². The van der Waals surface area contributed by atoms with Crippen LogP contribution in [0.5, 0.6) is 0 Å². The second kappa shape index (κ2) is 9.06. The Kier molecular flexibility index (Phi) is 8.59. The van der Waals surface area contributed by atoms with Crippen LogP contribution in [0.4, 0.5) is 5.69 Å². The number of halogens is 2. The van der Waals surface area contributed by atoms with Gasteiger partial charge in [-0.25, -0.2) is 0 Å². The van der Waals surface area contributed by atoms with Crippen molar-refractivity contribution < 1.29 is 0 Å². The minimum absolute atomic E-state index is 0. The highest BCUT2D eigenvalue weighted by Crippen LogP contribution is 2.10. The molecule has 3 nitrogen and oxygen atoms in total. The van der Waals surface area contributed by atoms with E-state index in [4.69, 9.17) is 0 Å². The molecule has 0 bridgehead atoms. The first-order chi connectivity index (χ1) is 7.90. The summed E-state index contributed by atoms with van der Waals surface area (Å²) in [5.41, 5.74) is 2.36. The fourth-order valence-electron chi connectivity index (χ4n) is 1.74. The first-order valence-electron chi connectivity index (χ1n) is 6.03. The van der Waals surface area contributed by atoms with E-state index >= 15 is 0 Å². The summed E-state index contributed by atoms with van der Waals surface area (Å²) in [4.78, 5) is 4.48. The third-order valence-electron chi connectivity index (χ3n) is 2.63. The van der Waals surface area contributed by atoms with E-state index in [9.17, 15) is 0 Å². The number of aliphatic imine (C=N–C) groups is 1. The number of anilines is 1. The van der Waals surface area contributed by atoms with Gasteiger partial charge in [0, 0.05) is 30.9 Å². The van der Waals surface area contributed by atoms with Crippen LogP contribution in [-0.4, -0.2) is 25.5 Å². The molecule has 1 heterocycles. The molecule has 1 aromatic carbocycles. The summed E-state index contributed by atoms with van der Waals surface area (Å²) in [6.07, 6.45) is 2.29. The Morgan fingerprint density at radius 2 is 1.94 bits per heavy atom. The molecule has 0 saturated carbocycles. The molecule has 0 saturated heterocycles. The van der Waals surface area contributed by atoms with Gasteiger partial charge in [0.05, 0.1) is 0 Å². The van der Waals surface area contributed by atoms with E-state index in [0.29, 0.717) is 0 Å². The van der Waals surface area contributed by atoms with Crippen LogP contribution in [0.15, 0.2) is 29.3 Å². The van der Waals surface area contributed by atoms with Gasteiger partial charge in [0.1, 0.15) is 5.84 Å². The van der Waals surface area contributed by atoms with Gasteiger partial charge in [-0.3, -0.25) is 4.99 Å². The molecule has 2 N–H and O–H groups in total. The summed E-state index contributed by atoms with van der Waals surface area (Å²) in [5, 5.41) is 6.69. The predicted octanol–water partition coefficient (Wildman–Crippen LogP) is 3.09. The van der Waals surface area contributed by atoms with Gasteiger partial charge in [-0.05, 0) is 37.1 Å². The maximum absolute atomic E-state index is 4.48. The van der Waals surface area contributed by atoms with Crippen molar-refractivity contribution in [3.05, 3.63) is 29.8 Å². The zero-order valence-corrected chi connectivity index (χ0v) is 12.2. The van der Waals surface area contributed by atoms with Crippen LogP contribution in [0.3, 0.4) is 0 Å². The lowest BCUT2D eigenvalue weighted by Gasteiger charge is -2.15. The Morgan fingerprint density at radius 1 is 1.22 bits per heavy atom. The van der Waals surface area contributed by atoms with E-state index in [1.807, 2.05) is 0 Å². The van der Waals surface area contributed by atoms with E-state index in [0.717, 1.165) is 38.3 Å². The van der Waals surface area contributed by atoms with Crippen LogP contribution in [0.1, 0.15) is 25.3 Å².